The first-order chi connectivity index (χ1) is 13.4. The molecule has 4 rings (SSSR count). The lowest BCUT2D eigenvalue weighted by Gasteiger charge is -2.03. The van der Waals surface area contributed by atoms with Crippen LogP contribution in [0, 0.1) is 0 Å². The highest BCUT2D eigenvalue weighted by atomic mass is 32.1. The van der Waals surface area contributed by atoms with Crippen LogP contribution in [-0.4, -0.2) is 31.1 Å². The monoisotopic (exact) mass is 413 g/mol. The van der Waals surface area contributed by atoms with E-state index in [2.05, 4.69) is 15.0 Å². The summed E-state index contributed by atoms with van der Waals surface area (Å²) in [5, 5.41) is 15.0. The van der Waals surface area contributed by atoms with Gasteiger partial charge in [0, 0.05) is 23.4 Å². The molecule has 0 aliphatic rings. The Morgan fingerprint density at radius 2 is 1.96 bits per heavy atom. The summed E-state index contributed by atoms with van der Waals surface area (Å²) in [7, 11) is -4.10. The highest BCUT2D eigenvalue weighted by Crippen LogP contribution is 2.39. The van der Waals surface area contributed by atoms with Gasteiger partial charge in [0.15, 0.2) is 5.88 Å². The standard InChI is InChI=1S/C19H16N3O4PS/c23-19-17(9-20-15-3-1-12(2-4-15)10-27(24,25)26)16-7-14(8-21-18(16)22-19)13-5-6-28-11-13/h1-9,11,23H,10H2,(H,21,22)(H2,24,25,26). The van der Waals surface area contributed by atoms with Crippen LogP contribution in [-0.2, 0) is 10.7 Å². The molecular weight excluding hydrogens is 397 g/mol. The summed E-state index contributed by atoms with van der Waals surface area (Å²) in [4.78, 5) is 29.6. The van der Waals surface area contributed by atoms with Crippen LogP contribution in [0.3, 0.4) is 0 Å². The predicted molar refractivity (Wildman–Crippen MR) is 111 cm³/mol. The van der Waals surface area contributed by atoms with Crippen LogP contribution in [0.1, 0.15) is 11.1 Å². The first-order valence-electron chi connectivity index (χ1n) is 8.30. The number of hydrogen-bond acceptors (Lipinski definition) is 5. The van der Waals surface area contributed by atoms with Gasteiger partial charge in [0.2, 0.25) is 0 Å². The maximum Gasteiger partial charge on any atom is 0.329 e. The molecule has 0 radical (unpaired) electrons. The molecule has 0 fully saturated rings. The van der Waals surface area contributed by atoms with Gasteiger partial charge in [-0.3, -0.25) is 9.56 Å². The van der Waals surface area contributed by atoms with E-state index >= 15 is 0 Å². The number of nitrogens with one attached hydrogen (secondary N) is 1. The van der Waals surface area contributed by atoms with Crippen LogP contribution < -0.4 is 0 Å². The third-order valence-corrected chi connectivity index (χ3v) is 5.65. The Kier molecular flexibility index (Phi) is 4.87. The Bertz CT molecular complexity index is 1190. The number of hydrogen-bond donors (Lipinski definition) is 4. The number of rotatable bonds is 5. The molecule has 3 aromatic heterocycles. The maximum atomic E-state index is 11.1. The van der Waals surface area contributed by atoms with Crippen LogP contribution in [0.4, 0.5) is 5.69 Å². The predicted octanol–water partition coefficient (Wildman–Crippen LogP) is 4.43. The largest absolute Gasteiger partial charge is 0.494 e. The van der Waals surface area contributed by atoms with E-state index in [0.717, 1.165) is 16.5 Å². The van der Waals surface area contributed by atoms with Gasteiger partial charge in [-0.05, 0) is 46.2 Å². The van der Waals surface area contributed by atoms with E-state index in [9.17, 15) is 9.67 Å². The zero-order valence-electron chi connectivity index (χ0n) is 14.5. The Labute approximate surface area is 164 Å². The number of pyridine rings is 1. The van der Waals surface area contributed by atoms with E-state index in [-0.39, 0.29) is 12.0 Å². The Morgan fingerprint density at radius 3 is 2.64 bits per heavy atom. The lowest BCUT2D eigenvalue weighted by Crippen LogP contribution is -1.86. The summed E-state index contributed by atoms with van der Waals surface area (Å²) in [5.74, 6) is -0.0214. The van der Waals surface area contributed by atoms with Gasteiger partial charge in [-0.2, -0.15) is 11.3 Å². The number of aliphatic imine (C=N–C) groups is 1. The summed E-state index contributed by atoms with van der Waals surface area (Å²) in [6.07, 6.45) is 2.99. The molecule has 0 amide bonds. The second-order valence-electron chi connectivity index (χ2n) is 6.27. The quantitative estimate of drug-likeness (QED) is 0.285. The number of benzene rings is 1. The first-order valence-corrected chi connectivity index (χ1v) is 11.0. The number of thiophene rings is 1. The van der Waals surface area contributed by atoms with Crippen molar-refractivity contribution < 1.29 is 19.5 Å². The van der Waals surface area contributed by atoms with Crippen molar-refractivity contribution in [3.63, 3.8) is 0 Å². The van der Waals surface area contributed by atoms with Gasteiger partial charge >= 0.3 is 7.60 Å². The van der Waals surface area contributed by atoms with Gasteiger partial charge in [-0.1, -0.05) is 12.1 Å². The van der Waals surface area contributed by atoms with Crippen molar-refractivity contribution in [1.82, 2.24) is 9.97 Å². The van der Waals surface area contributed by atoms with Gasteiger partial charge < -0.3 is 19.9 Å². The second-order valence-corrected chi connectivity index (χ2v) is 8.69. The summed E-state index contributed by atoms with van der Waals surface area (Å²) in [6.45, 7) is 0. The zero-order valence-corrected chi connectivity index (χ0v) is 16.2. The average molecular weight is 413 g/mol. The number of aromatic hydroxyl groups is 1. The lowest BCUT2D eigenvalue weighted by atomic mass is 10.1. The van der Waals surface area contributed by atoms with Gasteiger partial charge in [0.1, 0.15) is 5.65 Å². The summed E-state index contributed by atoms with van der Waals surface area (Å²) in [5.41, 5.74) is 4.23. The highest BCUT2D eigenvalue weighted by molar-refractivity contribution is 7.50. The molecule has 0 aliphatic heterocycles. The second kappa shape index (κ2) is 7.33. The normalized spacial score (nSPS) is 12.2. The fourth-order valence-electron chi connectivity index (χ4n) is 2.86. The SMILES string of the molecule is O=P(O)(O)Cc1ccc(N=Cc2c(O)[nH]c3ncc(-c4ccsc4)cc23)cc1. The van der Waals surface area contributed by atoms with E-state index in [0.29, 0.717) is 22.5 Å². The van der Waals surface area contributed by atoms with E-state index in [1.54, 1.807) is 48.0 Å². The van der Waals surface area contributed by atoms with E-state index in [4.69, 9.17) is 9.79 Å². The fourth-order valence-corrected chi connectivity index (χ4v) is 4.21. The minimum Gasteiger partial charge on any atom is -0.494 e. The fraction of sp³-hybridized carbons (Fsp3) is 0.0526. The van der Waals surface area contributed by atoms with Gasteiger partial charge in [0.05, 0.1) is 17.4 Å². The molecule has 0 saturated heterocycles. The minimum atomic E-state index is -4.10. The number of H-pyrrole nitrogens is 1. The van der Waals surface area contributed by atoms with E-state index < -0.39 is 7.60 Å². The van der Waals surface area contributed by atoms with Crippen molar-refractivity contribution in [2.45, 2.75) is 6.16 Å². The molecule has 0 unspecified atom stereocenters. The minimum absolute atomic E-state index is 0.0214. The molecule has 0 spiro atoms. The zero-order chi connectivity index (χ0) is 19.7. The number of aromatic amines is 1. The number of fused-ring (bicyclic) bond motifs is 1. The molecule has 0 atom stereocenters. The smallest absolute Gasteiger partial charge is 0.329 e. The van der Waals surface area contributed by atoms with Crippen LogP contribution in [0.25, 0.3) is 22.2 Å². The van der Waals surface area contributed by atoms with Crippen molar-refractivity contribution in [1.29, 1.82) is 0 Å². The maximum absolute atomic E-state index is 11.1. The van der Waals surface area contributed by atoms with E-state index in [1.807, 2.05) is 22.9 Å². The Hall–Kier alpha value is -2.77. The highest BCUT2D eigenvalue weighted by Gasteiger charge is 2.14. The van der Waals surface area contributed by atoms with Crippen molar-refractivity contribution >= 4 is 41.9 Å². The number of aromatic nitrogens is 2. The summed E-state index contributed by atoms with van der Waals surface area (Å²) in [6, 6.07) is 10.5. The molecule has 7 nitrogen and oxygen atoms in total. The van der Waals surface area contributed by atoms with Crippen LogP contribution >= 0.6 is 18.9 Å². The Balaban J connectivity index is 1.64. The first kappa shape index (κ1) is 18.6. The van der Waals surface area contributed by atoms with Crippen LogP contribution in [0.5, 0.6) is 5.88 Å². The average Bonchev–Trinajstić information content (AvgIpc) is 3.27. The molecular formula is C19H16N3O4PS. The van der Waals surface area contributed by atoms with Gasteiger partial charge in [0.25, 0.3) is 0 Å². The van der Waals surface area contributed by atoms with Crippen molar-refractivity contribution in [2.75, 3.05) is 0 Å². The number of nitrogens with zero attached hydrogens (tertiary/aromatic N) is 2. The van der Waals surface area contributed by atoms with Crippen molar-refractivity contribution in [2.24, 2.45) is 4.99 Å². The van der Waals surface area contributed by atoms with Gasteiger partial charge in [-0.25, -0.2) is 4.98 Å². The Morgan fingerprint density at radius 1 is 1.18 bits per heavy atom. The van der Waals surface area contributed by atoms with Crippen LogP contribution in [0.2, 0.25) is 0 Å². The third-order valence-electron chi connectivity index (χ3n) is 4.19. The van der Waals surface area contributed by atoms with Crippen LogP contribution in [0.15, 0.2) is 58.3 Å². The molecule has 28 heavy (non-hydrogen) atoms. The van der Waals surface area contributed by atoms with Gasteiger partial charge in [-0.15, -0.1) is 0 Å². The summed E-state index contributed by atoms with van der Waals surface area (Å²) < 4.78 is 11.1. The molecule has 4 N–H and O–H groups in total. The van der Waals surface area contributed by atoms with Crippen molar-refractivity contribution in [3.8, 4) is 17.0 Å². The third kappa shape index (κ3) is 4.05. The van der Waals surface area contributed by atoms with E-state index in [1.165, 1.54) is 0 Å². The molecule has 9 heteroatoms. The molecule has 0 aliphatic carbocycles. The molecule has 142 valence electrons. The topological polar surface area (TPSA) is 119 Å². The molecule has 0 bridgehead atoms. The lowest BCUT2D eigenvalue weighted by molar-refractivity contribution is 0.371. The summed E-state index contributed by atoms with van der Waals surface area (Å²) >= 11 is 1.60. The molecule has 1 aromatic carbocycles. The van der Waals surface area contributed by atoms with Crippen molar-refractivity contribution in [3.05, 3.63) is 64.5 Å². The molecule has 0 saturated carbocycles. The molecule has 4 aromatic rings. The molecule has 3 heterocycles.